The molecule has 10 heteroatoms. The molecule has 5 rings (SSSR count). The van der Waals surface area contributed by atoms with Gasteiger partial charge in [-0.2, -0.15) is 0 Å². The number of fused-ring (bicyclic) bond motifs is 1. The number of para-hydroxylation sites is 1. The summed E-state index contributed by atoms with van der Waals surface area (Å²) in [5, 5.41) is 17.7. The quantitative estimate of drug-likeness (QED) is 0.500. The number of carbonyl (C=O) groups excluding carboxylic acids is 3. The average Bonchev–Trinajstić information content (AvgIpc) is 3.26. The number of nitrogens with zero attached hydrogens (tertiary/aromatic N) is 3. The Morgan fingerprint density at radius 3 is 2.53 bits per heavy atom. The van der Waals surface area contributed by atoms with Gasteiger partial charge >= 0.3 is 6.03 Å². The number of hydrogen-bond donors (Lipinski definition) is 2. The van der Waals surface area contributed by atoms with Gasteiger partial charge in [-0.25, -0.2) is 4.79 Å². The second-order valence-electron chi connectivity index (χ2n) is 9.57. The van der Waals surface area contributed by atoms with Gasteiger partial charge in [0.15, 0.2) is 0 Å². The number of rotatable bonds is 4. The summed E-state index contributed by atoms with van der Waals surface area (Å²) in [5.41, 5.74) is 0.941. The van der Waals surface area contributed by atoms with Crippen LogP contribution in [0.4, 0.5) is 16.2 Å². The monoisotopic (exact) mass is 491 g/mol. The maximum atomic E-state index is 13.9. The molecule has 4 unspecified atom stereocenters. The molecule has 0 bridgehead atoms. The number of nitro groups is 1. The van der Waals surface area contributed by atoms with Crippen molar-refractivity contribution in [2.45, 2.75) is 31.3 Å². The van der Waals surface area contributed by atoms with Crippen LogP contribution in [0.25, 0.3) is 0 Å². The fourth-order valence-corrected chi connectivity index (χ4v) is 5.94. The maximum Gasteiger partial charge on any atom is 0.323 e. The van der Waals surface area contributed by atoms with E-state index in [1.807, 2.05) is 6.07 Å². The standard InChI is InChI=1S/C26H29N5O5/c32-21-11-5-10-20-22(21)23(17-6-4-9-19(16-17)31(35)36)30(26(34)28-18-7-2-1-3-8-18)24(20)25(33)29-14-12-27-13-15-29/h1-4,6-9,16,20,22-24,27H,5,10-15H2,(H,28,34). The highest BCUT2D eigenvalue weighted by molar-refractivity contribution is 5.97. The average molecular weight is 492 g/mol. The zero-order chi connectivity index (χ0) is 25.2. The molecule has 0 aromatic heterocycles. The molecule has 1 saturated carbocycles. The number of urea groups is 1. The molecule has 3 aliphatic rings. The van der Waals surface area contributed by atoms with Crippen molar-refractivity contribution in [1.82, 2.24) is 15.1 Å². The van der Waals surface area contributed by atoms with Crippen molar-refractivity contribution in [2.24, 2.45) is 11.8 Å². The van der Waals surface area contributed by atoms with Crippen LogP contribution >= 0.6 is 0 Å². The van der Waals surface area contributed by atoms with E-state index in [2.05, 4.69) is 10.6 Å². The van der Waals surface area contributed by atoms with E-state index in [4.69, 9.17) is 0 Å². The van der Waals surface area contributed by atoms with Gasteiger partial charge in [0.2, 0.25) is 5.91 Å². The minimum atomic E-state index is -0.828. The van der Waals surface area contributed by atoms with E-state index in [1.54, 1.807) is 41.3 Å². The molecular formula is C26H29N5O5. The molecule has 2 aliphatic heterocycles. The molecule has 2 heterocycles. The number of likely N-dealkylation sites (tertiary alicyclic amines) is 1. The Balaban J connectivity index is 1.60. The molecule has 36 heavy (non-hydrogen) atoms. The van der Waals surface area contributed by atoms with E-state index in [0.29, 0.717) is 56.7 Å². The summed E-state index contributed by atoms with van der Waals surface area (Å²) in [6, 6.07) is 12.9. The number of anilines is 1. The van der Waals surface area contributed by atoms with Gasteiger partial charge in [-0.15, -0.1) is 0 Å². The summed E-state index contributed by atoms with van der Waals surface area (Å²) in [6.45, 7) is 2.37. The Hall–Kier alpha value is -3.79. The zero-order valence-electron chi connectivity index (χ0n) is 19.8. The van der Waals surface area contributed by atoms with Crippen LogP contribution in [0.3, 0.4) is 0 Å². The fraction of sp³-hybridized carbons (Fsp3) is 0.423. The highest BCUT2D eigenvalue weighted by Gasteiger charge is 2.58. The van der Waals surface area contributed by atoms with Crippen LogP contribution in [-0.2, 0) is 9.59 Å². The summed E-state index contributed by atoms with van der Waals surface area (Å²) >= 11 is 0. The van der Waals surface area contributed by atoms with Crippen molar-refractivity contribution >= 4 is 29.1 Å². The normalized spacial score (nSPS) is 25.8. The highest BCUT2D eigenvalue weighted by Crippen LogP contribution is 2.51. The van der Waals surface area contributed by atoms with Crippen molar-refractivity contribution in [3.05, 3.63) is 70.3 Å². The van der Waals surface area contributed by atoms with Crippen molar-refractivity contribution < 1.29 is 19.3 Å². The molecule has 0 radical (unpaired) electrons. The maximum absolute atomic E-state index is 13.9. The van der Waals surface area contributed by atoms with Crippen LogP contribution in [0.15, 0.2) is 54.6 Å². The lowest BCUT2D eigenvalue weighted by Gasteiger charge is -2.36. The number of non-ortho nitro benzene ring substituents is 1. The van der Waals surface area contributed by atoms with Crippen LogP contribution < -0.4 is 10.6 Å². The summed E-state index contributed by atoms with van der Waals surface area (Å²) in [4.78, 5) is 55.4. The second-order valence-corrected chi connectivity index (χ2v) is 9.57. The smallest absolute Gasteiger partial charge is 0.323 e. The summed E-state index contributed by atoms with van der Waals surface area (Å²) in [6.07, 6.45) is 1.66. The van der Waals surface area contributed by atoms with Gasteiger partial charge in [0.25, 0.3) is 5.69 Å². The number of hydrogen-bond acceptors (Lipinski definition) is 6. The lowest BCUT2D eigenvalue weighted by Crippen LogP contribution is -2.55. The SMILES string of the molecule is O=C1CCCC2C1C(c1cccc([N+](=O)[O-])c1)N(C(=O)Nc1ccccc1)C2C(=O)N1CCNCC1. The number of benzene rings is 2. The van der Waals surface area contributed by atoms with Crippen LogP contribution in [0.5, 0.6) is 0 Å². The summed E-state index contributed by atoms with van der Waals surface area (Å²) < 4.78 is 0. The molecule has 2 aromatic rings. The van der Waals surface area contributed by atoms with Crippen LogP contribution in [-0.4, -0.2) is 64.7 Å². The van der Waals surface area contributed by atoms with Gasteiger partial charge in [-0.3, -0.25) is 19.7 Å². The zero-order valence-corrected chi connectivity index (χ0v) is 19.8. The topological polar surface area (TPSA) is 125 Å². The van der Waals surface area contributed by atoms with Gasteiger partial charge in [0.1, 0.15) is 11.8 Å². The first-order valence-corrected chi connectivity index (χ1v) is 12.4. The minimum absolute atomic E-state index is 0.00382. The first-order valence-electron chi connectivity index (χ1n) is 12.4. The Kier molecular flexibility index (Phi) is 6.69. The van der Waals surface area contributed by atoms with Crippen LogP contribution in [0.2, 0.25) is 0 Å². The van der Waals surface area contributed by atoms with E-state index < -0.39 is 29.0 Å². The van der Waals surface area contributed by atoms with E-state index in [9.17, 15) is 24.5 Å². The Morgan fingerprint density at radius 2 is 1.81 bits per heavy atom. The molecule has 188 valence electrons. The summed E-state index contributed by atoms with van der Waals surface area (Å²) in [5.74, 6) is -1.12. The summed E-state index contributed by atoms with van der Waals surface area (Å²) in [7, 11) is 0. The first-order chi connectivity index (χ1) is 17.5. The predicted molar refractivity (Wildman–Crippen MR) is 132 cm³/mol. The number of nitrogens with one attached hydrogen (secondary N) is 2. The lowest BCUT2D eigenvalue weighted by atomic mass is 9.73. The van der Waals surface area contributed by atoms with Crippen LogP contribution in [0, 0.1) is 22.0 Å². The van der Waals surface area contributed by atoms with Crippen molar-refractivity contribution in [2.75, 3.05) is 31.5 Å². The molecule has 0 spiro atoms. The van der Waals surface area contributed by atoms with Crippen molar-refractivity contribution in [1.29, 1.82) is 0 Å². The van der Waals surface area contributed by atoms with Gasteiger partial charge in [0, 0.05) is 62.3 Å². The predicted octanol–water partition coefficient (Wildman–Crippen LogP) is 2.97. The minimum Gasteiger partial charge on any atom is -0.338 e. The largest absolute Gasteiger partial charge is 0.338 e. The molecule has 3 amide bonds. The van der Waals surface area contributed by atoms with Gasteiger partial charge in [-0.05, 0) is 30.5 Å². The third kappa shape index (κ3) is 4.44. The molecule has 4 atom stereocenters. The van der Waals surface area contributed by atoms with E-state index in [0.717, 1.165) is 0 Å². The molecule has 1 aliphatic carbocycles. The van der Waals surface area contributed by atoms with Crippen molar-refractivity contribution in [3.63, 3.8) is 0 Å². The molecule has 10 nitrogen and oxygen atoms in total. The Bertz CT molecular complexity index is 1170. The van der Waals surface area contributed by atoms with Gasteiger partial charge < -0.3 is 20.4 Å². The number of Topliss-reactive ketones (excluding diaryl/α,β-unsaturated/α-hetero) is 1. The molecule has 2 saturated heterocycles. The van der Waals surface area contributed by atoms with Gasteiger partial charge in [0.05, 0.1) is 11.0 Å². The number of nitro benzene ring substituents is 1. The molecule has 2 aromatic carbocycles. The fourth-order valence-electron chi connectivity index (χ4n) is 5.94. The Labute approximate surface area is 208 Å². The highest BCUT2D eigenvalue weighted by atomic mass is 16.6. The Morgan fingerprint density at radius 1 is 1.06 bits per heavy atom. The van der Waals surface area contributed by atoms with E-state index >= 15 is 0 Å². The third-order valence-corrected chi connectivity index (χ3v) is 7.50. The second kappa shape index (κ2) is 10.1. The number of piperazine rings is 1. The lowest BCUT2D eigenvalue weighted by molar-refractivity contribution is -0.385. The third-order valence-electron chi connectivity index (χ3n) is 7.50. The molecular weight excluding hydrogens is 462 g/mol. The van der Waals surface area contributed by atoms with Crippen LogP contribution in [0.1, 0.15) is 30.9 Å². The van der Waals surface area contributed by atoms with E-state index in [-0.39, 0.29) is 23.3 Å². The van der Waals surface area contributed by atoms with Gasteiger partial charge in [-0.1, -0.05) is 30.3 Å². The number of carbonyl (C=O) groups is 3. The first kappa shape index (κ1) is 23.9. The molecule has 2 N–H and O–H groups in total. The molecule has 3 fully saturated rings. The van der Waals surface area contributed by atoms with E-state index in [1.165, 1.54) is 17.0 Å². The van der Waals surface area contributed by atoms with Crippen molar-refractivity contribution in [3.8, 4) is 0 Å². The number of ketones is 1. The number of amides is 3.